The van der Waals surface area contributed by atoms with Gasteiger partial charge in [0.25, 0.3) is 0 Å². The molecule has 150 valence electrons. The molecule has 1 aliphatic heterocycles. The van der Waals surface area contributed by atoms with E-state index in [1.807, 2.05) is 39.1 Å². The summed E-state index contributed by atoms with van der Waals surface area (Å²) in [6, 6.07) is 0. The fraction of sp³-hybridized carbons (Fsp3) is 0.381. The highest BCUT2D eigenvalue weighted by atomic mass is 79.9. The summed E-state index contributed by atoms with van der Waals surface area (Å²) in [7, 11) is 0. The summed E-state index contributed by atoms with van der Waals surface area (Å²) in [6.45, 7) is 7.75. The highest BCUT2D eigenvalue weighted by Gasteiger charge is 2.18. The van der Waals surface area contributed by atoms with Gasteiger partial charge in [-0.3, -0.25) is 10.4 Å². The minimum absolute atomic E-state index is 0.398. The minimum atomic E-state index is 0.398. The van der Waals surface area contributed by atoms with E-state index in [0.717, 1.165) is 42.6 Å². The number of hydrogen-bond acceptors (Lipinski definition) is 4. The van der Waals surface area contributed by atoms with E-state index >= 15 is 0 Å². The molecular formula is C21H29BrN6. The Labute approximate surface area is 175 Å². The van der Waals surface area contributed by atoms with Crippen molar-refractivity contribution < 1.29 is 0 Å². The van der Waals surface area contributed by atoms with E-state index in [9.17, 15) is 0 Å². The predicted octanol–water partition coefficient (Wildman–Crippen LogP) is 4.78. The number of aromatic nitrogens is 2. The molecule has 1 aliphatic rings. The van der Waals surface area contributed by atoms with Gasteiger partial charge in [-0.05, 0) is 56.0 Å². The minimum Gasteiger partial charge on any atom is -0.383 e. The summed E-state index contributed by atoms with van der Waals surface area (Å²) in [5, 5.41) is 12.8. The van der Waals surface area contributed by atoms with Crippen molar-refractivity contribution >= 4 is 39.4 Å². The van der Waals surface area contributed by atoms with Crippen molar-refractivity contribution in [1.29, 1.82) is 5.41 Å². The van der Waals surface area contributed by atoms with Gasteiger partial charge in [0.2, 0.25) is 0 Å². The smallest absolute Gasteiger partial charge is 0.143 e. The highest BCUT2D eigenvalue weighted by Crippen LogP contribution is 2.21. The maximum absolute atomic E-state index is 8.44. The summed E-state index contributed by atoms with van der Waals surface area (Å²) >= 11 is 3.50. The second kappa shape index (κ2) is 10.8. The van der Waals surface area contributed by atoms with E-state index in [4.69, 9.17) is 11.1 Å². The lowest BCUT2D eigenvalue weighted by Gasteiger charge is -2.29. The van der Waals surface area contributed by atoms with Gasteiger partial charge in [-0.25, -0.2) is 4.68 Å². The van der Waals surface area contributed by atoms with Crippen LogP contribution in [0.2, 0.25) is 0 Å². The van der Waals surface area contributed by atoms with Crippen LogP contribution in [0.15, 0.2) is 51.9 Å². The van der Waals surface area contributed by atoms with Gasteiger partial charge in [0.05, 0.1) is 6.20 Å². The molecule has 0 atom stereocenters. The molecule has 0 saturated carbocycles. The number of hydrogen-bond donors (Lipinski definition) is 2. The van der Waals surface area contributed by atoms with Crippen molar-refractivity contribution in [3.8, 4) is 0 Å². The largest absolute Gasteiger partial charge is 0.383 e. The molecule has 3 N–H and O–H groups in total. The number of piperidine rings is 1. The topological polar surface area (TPSA) is 83.3 Å². The summed E-state index contributed by atoms with van der Waals surface area (Å²) in [5.74, 6) is 0.804. The van der Waals surface area contributed by atoms with Gasteiger partial charge in [-0.15, -0.1) is 0 Å². The molecule has 7 heteroatoms. The van der Waals surface area contributed by atoms with Crippen LogP contribution in [0.1, 0.15) is 45.6 Å². The fourth-order valence-corrected chi connectivity index (χ4v) is 3.25. The molecule has 2 rings (SSSR count). The van der Waals surface area contributed by atoms with Crippen molar-refractivity contribution in [2.45, 2.75) is 40.0 Å². The van der Waals surface area contributed by atoms with Crippen LogP contribution in [0.3, 0.4) is 0 Å². The highest BCUT2D eigenvalue weighted by molar-refractivity contribution is 9.12. The average Bonchev–Trinajstić information content (AvgIpc) is 3.22. The summed E-state index contributed by atoms with van der Waals surface area (Å²) in [5.41, 5.74) is 9.27. The van der Waals surface area contributed by atoms with Crippen LogP contribution in [0, 0.1) is 5.41 Å². The lowest BCUT2D eigenvalue weighted by atomic mass is 10.1. The summed E-state index contributed by atoms with van der Waals surface area (Å²) < 4.78 is 2.15. The van der Waals surface area contributed by atoms with Crippen molar-refractivity contribution in [3.63, 3.8) is 0 Å². The van der Waals surface area contributed by atoms with Crippen LogP contribution < -0.4 is 5.73 Å². The lowest BCUT2D eigenvalue weighted by Crippen LogP contribution is -2.36. The predicted molar refractivity (Wildman–Crippen MR) is 122 cm³/mol. The van der Waals surface area contributed by atoms with Gasteiger partial charge in [0.1, 0.15) is 16.1 Å². The zero-order valence-corrected chi connectivity index (χ0v) is 18.4. The third-order valence-corrected chi connectivity index (χ3v) is 5.34. The van der Waals surface area contributed by atoms with Gasteiger partial charge in [0, 0.05) is 42.8 Å². The van der Waals surface area contributed by atoms with Crippen molar-refractivity contribution in [3.05, 3.63) is 52.4 Å². The molecule has 2 heterocycles. The molecule has 0 amide bonds. The molecule has 0 bridgehead atoms. The molecular weight excluding hydrogens is 416 g/mol. The maximum Gasteiger partial charge on any atom is 0.143 e. The van der Waals surface area contributed by atoms with E-state index in [1.54, 1.807) is 23.3 Å². The number of nitrogens with two attached hydrogens (primary N) is 1. The molecule has 0 spiro atoms. The quantitative estimate of drug-likeness (QED) is 0.376. The number of nitrogens with one attached hydrogen (secondary N) is 1. The molecule has 1 aromatic heterocycles. The van der Waals surface area contributed by atoms with E-state index in [2.05, 4.69) is 37.0 Å². The number of allylic oxidation sites excluding steroid dienone is 5. The molecule has 0 aliphatic carbocycles. The first-order valence-electron chi connectivity index (χ1n) is 9.51. The van der Waals surface area contributed by atoms with Crippen molar-refractivity contribution in [2.24, 2.45) is 10.7 Å². The van der Waals surface area contributed by atoms with Crippen LogP contribution in [0.5, 0.6) is 0 Å². The molecule has 0 aromatic carbocycles. The van der Waals surface area contributed by atoms with Crippen LogP contribution in [0.4, 0.5) is 0 Å². The van der Waals surface area contributed by atoms with Crippen LogP contribution in [0.25, 0.3) is 11.4 Å². The Morgan fingerprint density at radius 1 is 1.29 bits per heavy atom. The molecule has 0 unspecified atom stereocenters. The third kappa shape index (κ3) is 5.79. The van der Waals surface area contributed by atoms with E-state index in [0.29, 0.717) is 16.1 Å². The first kappa shape index (κ1) is 21.9. The van der Waals surface area contributed by atoms with Crippen LogP contribution in [-0.4, -0.2) is 39.8 Å². The zero-order valence-electron chi connectivity index (χ0n) is 16.8. The monoisotopic (exact) mass is 444 g/mol. The zero-order chi connectivity index (χ0) is 20.5. The average molecular weight is 445 g/mol. The van der Waals surface area contributed by atoms with Crippen LogP contribution in [-0.2, 0) is 0 Å². The SMILES string of the molecule is C/C=C/N=C/C(=C\C(C)=C\C)c1cnn(/C(N)=C(/Br)C(=N)N2CCCCC2)c1. The molecule has 6 nitrogen and oxygen atoms in total. The van der Waals surface area contributed by atoms with Gasteiger partial charge in [-0.2, -0.15) is 5.10 Å². The molecule has 28 heavy (non-hydrogen) atoms. The Hall–Kier alpha value is -2.41. The molecule has 1 fully saturated rings. The van der Waals surface area contributed by atoms with Gasteiger partial charge < -0.3 is 10.6 Å². The van der Waals surface area contributed by atoms with E-state index in [-0.39, 0.29) is 0 Å². The van der Waals surface area contributed by atoms with Crippen molar-refractivity contribution in [2.75, 3.05) is 13.1 Å². The first-order valence-corrected chi connectivity index (χ1v) is 10.3. The van der Waals surface area contributed by atoms with Crippen molar-refractivity contribution in [1.82, 2.24) is 14.7 Å². The van der Waals surface area contributed by atoms with Crippen LogP contribution >= 0.6 is 15.9 Å². The molecule has 0 radical (unpaired) electrons. The number of nitrogens with zero attached hydrogens (tertiary/aromatic N) is 4. The second-order valence-corrected chi connectivity index (χ2v) is 7.46. The normalized spacial score (nSPS) is 17.5. The Morgan fingerprint density at radius 2 is 2.00 bits per heavy atom. The number of amidine groups is 1. The number of halogens is 1. The lowest BCUT2D eigenvalue weighted by molar-refractivity contribution is 0.341. The Bertz CT molecular complexity index is 835. The number of rotatable bonds is 6. The van der Waals surface area contributed by atoms with E-state index in [1.165, 1.54) is 6.42 Å². The molecule has 1 saturated heterocycles. The Morgan fingerprint density at radius 3 is 2.64 bits per heavy atom. The van der Waals surface area contributed by atoms with E-state index < -0.39 is 0 Å². The Kier molecular flexibility index (Phi) is 8.44. The standard InChI is InChI=1S/C21H29BrN6/c1-4-9-25-13-17(12-16(3)5-2)18-14-26-28(15-18)21(24)19(22)20(23)27-10-7-6-8-11-27/h4-5,9,12-15,23H,6-8,10-11,24H2,1-3H3/b9-4+,16-5+,17-12+,21-19+,23-20?,25-13+. The van der Waals surface area contributed by atoms with Gasteiger partial charge in [0.15, 0.2) is 0 Å². The van der Waals surface area contributed by atoms with Gasteiger partial charge in [-0.1, -0.05) is 23.8 Å². The first-order chi connectivity index (χ1) is 13.5. The summed E-state index contributed by atoms with van der Waals surface area (Å²) in [6.07, 6.45) is 16.6. The Balaban J connectivity index is 2.30. The van der Waals surface area contributed by atoms with Gasteiger partial charge >= 0.3 is 0 Å². The summed E-state index contributed by atoms with van der Waals surface area (Å²) in [4.78, 5) is 6.35. The fourth-order valence-electron chi connectivity index (χ4n) is 2.81. The maximum atomic E-state index is 8.44. The molecule has 1 aromatic rings. The number of aliphatic imine (C=N–C) groups is 1. The third-order valence-electron chi connectivity index (χ3n) is 4.56. The second-order valence-electron chi connectivity index (χ2n) is 6.66. The number of likely N-dealkylation sites (tertiary alicyclic amines) is 1.